The summed E-state index contributed by atoms with van der Waals surface area (Å²) >= 11 is 0. The van der Waals surface area contributed by atoms with Crippen LogP contribution in [0.5, 0.6) is 0 Å². The highest BCUT2D eigenvalue weighted by Gasteiger charge is 2.24. The van der Waals surface area contributed by atoms with Crippen LogP contribution in [-0.4, -0.2) is 61.0 Å². The summed E-state index contributed by atoms with van der Waals surface area (Å²) in [7, 11) is 3.84. The van der Waals surface area contributed by atoms with Crippen LogP contribution in [0.25, 0.3) is 0 Å². The second-order valence-electron chi connectivity index (χ2n) is 6.35. The zero-order valence-corrected chi connectivity index (χ0v) is 14.8. The van der Waals surface area contributed by atoms with Gasteiger partial charge in [-0.3, -0.25) is 19.9 Å². The zero-order chi connectivity index (χ0) is 18.7. The van der Waals surface area contributed by atoms with Gasteiger partial charge in [-0.05, 0) is 18.2 Å². The molecule has 0 atom stereocenters. The molecule has 2 aromatic rings. The lowest BCUT2D eigenvalue weighted by Gasteiger charge is -2.36. The highest BCUT2D eigenvalue weighted by molar-refractivity contribution is 5.93. The highest BCUT2D eigenvalue weighted by Crippen LogP contribution is 2.22. The first-order valence-electron chi connectivity index (χ1n) is 8.38. The van der Waals surface area contributed by atoms with Crippen LogP contribution in [0.1, 0.15) is 10.5 Å². The first-order valence-corrected chi connectivity index (χ1v) is 8.38. The maximum atomic E-state index is 12.7. The standard InChI is InChI=1S/C18H21N5O3/c1-20(2)14-6-7-19-17(13-14)18(24)22-10-8-21(9-11-22)15-4-3-5-16(12-15)23(25)26/h3-7,12-13H,8-11H2,1-2H3. The average molecular weight is 355 g/mol. The van der Waals surface area contributed by atoms with E-state index in [0.29, 0.717) is 31.9 Å². The van der Waals surface area contributed by atoms with E-state index in [1.165, 1.54) is 6.07 Å². The van der Waals surface area contributed by atoms with E-state index < -0.39 is 4.92 Å². The van der Waals surface area contributed by atoms with Crippen LogP contribution < -0.4 is 9.80 Å². The molecule has 1 saturated heterocycles. The van der Waals surface area contributed by atoms with E-state index in [4.69, 9.17) is 0 Å². The third-order valence-electron chi connectivity index (χ3n) is 4.45. The van der Waals surface area contributed by atoms with E-state index in [-0.39, 0.29) is 11.6 Å². The molecule has 0 unspecified atom stereocenters. The Kier molecular flexibility index (Phi) is 5.01. The van der Waals surface area contributed by atoms with Gasteiger partial charge in [0.05, 0.1) is 4.92 Å². The van der Waals surface area contributed by atoms with Crippen molar-refractivity contribution in [2.45, 2.75) is 0 Å². The number of benzene rings is 1. The lowest BCUT2D eigenvalue weighted by atomic mass is 10.2. The van der Waals surface area contributed by atoms with Crippen molar-refractivity contribution in [3.63, 3.8) is 0 Å². The fourth-order valence-corrected chi connectivity index (χ4v) is 2.95. The molecule has 1 fully saturated rings. The van der Waals surface area contributed by atoms with E-state index in [9.17, 15) is 14.9 Å². The van der Waals surface area contributed by atoms with Crippen LogP contribution in [0.4, 0.5) is 17.1 Å². The zero-order valence-electron chi connectivity index (χ0n) is 14.8. The van der Waals surface area contributed by atoms with E-state index in [1.54, 1.807) is 29.3 Å². The van der Waals surface area contributed by atoms with Crippen LogP contribution in [-0.2, 0) is 0 Å². The molecule has 8 nitrogen and oxygen atoms in total. The Morgan fingerprint density at radius 1 is 1.15 bits per heavy atom. The minimum Gasteiger partial charge on any atom is -0.378 e. The molecule has 1 aromatic carbocycles. The molecule has 1 amide bonds. The molecule has 0 aliphatic carbocycles. The lowest BCUT2D eigenvalue weighted by Crippen LogP contribution is -2.49. The Bertz CT molecular complexity index is 816. The van der Waals surface area contributed by atoms with Gasteiger partial charge in [-0.2, -0.15) is 0 Å². The Hall–Kier alpha value is -3.16. The Morgan fingerprint density at radius 3 is 2.54 bits per heavy atom. The van der Waals surface area contributed by atoms with E-state index in [1.807, 2.05) is 31.1 Å². The molecule has 2 heterocycles. The second kappa shape index (κ2) is 7.38. The molecule has 1 aliphatic rings. The normalized spacial score (nSPS) is 14.2. The predicted octanol–water partition coefficient (Wildman–Crippen LogP) is 2.02. The van der Waals surface area contributed by atoms with Crippen molar-refractivity contribution in [1.82, 2.24) is 9.88 Å². The number of non-ortho nitro benzene ring substituents is 1. The Labute approximate surface area is 151 Å². The van der Waals surface area contributed by atoms with Gasteiger partial charge in [-0.1, -0.05) is 6.07 Å². The minimum absolute atomic E-state index is 0.0747. The molecule has 3 rings (SSSR count). The van der Waals surface area contributed by atoms with Crippen molar-refractivity contribution in [3.8, 4) is 0 Å². The van der Waals surface area contributed by atoms with Gasteiger partial charge in [-0.15, -0.1) is 0 Å². The lowest BCUT2D eigenvalue weighted by molar-refractivity contribution is -0.384. The van der Waals surface area contributed by atoms with Gasteiger partial charge in [-0.25, -0.2) is 0 Å². The molecule has 0 N–H and O–H groups in total. The molecule has 8 heteroatoms. The first kappa shape index (κ1) is 17.7. The predicted molar refractivity (Wildman–Crippen MR) is 99.8 cm³/mol. The largest absolute Gasteiger partial charge is 0.378 e. The molecule has 26 heavy (non-hydrogen) atoms. The number of carbonyl (C=O) groups excluding carboxylic acids is 1. The van der Waals surface area contributed by atoms with Crippen LogP contribution in [0.3, 0.4) is 0 Å². The quantitative estimate of drug-likeness (QED) is 0.616. The number of nitro groups is 1. The second-order valence-corrected chi connectivity index (χ2v) is 6.35. The number of amides is 1. The van der Waals surface area contributed by atoms with Crippen molar-refractivity contribution < 1.29 is 9.72 Å². The molecule has 1 aliphatic heterocycles. The van der Waals surface area contributed by atoms with Gasteiger partial charge in [0, 0.05) is 70.0 Å². The van der Waals surface area contributed by atoms with Crippen molar-refractivity contribution in [1.29, 1.82) is 0 Å². The number of carbonyl (C=O) groups is 1. The van der Waals surface area contributed by atoms with Gasteiger partial charge in [0.25, 0.3) is 11.6 Å². The van der Waals surface area contributed by atoms with Crippen LogP contribution in [0.15, 0.2) is 42.6 Å². The number of aromatic nitrogens is 1. The first-order chi connectivity index (χ1) is 12.5. The summed E-state index contributed by atoms with van der Waals surface area (Å²) in [6, 6.07) is 10.2. The average Bonchev–Trinajstić information content (AvgIpc) is 2.67. The van der Waals surface area contributed by atoms with Gasteiger partial charge >= 0.3 is 0 Å². The minimum atomic E-state index is -0.396. The number of hydrogen-bond donors (Lipinski definition) is 0. The smallest absolute Gasteiger partial charge is 0.272 e. The Balaban J connectivity index is 1.67. The molecule has 0 saturated carbocycles. The molecule has 0 spiro atoms. The summed E-state index contributed by atoms with van der Waals surface area (Å²) in [4.78, 5) is 33.2. The highest BCUT2D eigenvalue weighted by atomic mass is 16.6. The molecule has 136 valence electrons. The molecular weight excluding hydrogens is 334 g/mol. The summed E-state index contributed by atoms with van der Waals surface area (Å²) in [5, 5.41) is 10.9. The summed E-state index contributed by atoms with van der Waals surface area (Å²) < 4.78 is 0. The number of anilines is 2. The fraction of sp³-hybridized carbons (Fsp3) is 0.333. The molecule has 1 aromatic heterocycles. The third kappa shape index (κ3) is 3.74. The summed E-state index contributed by atoms with van der Waals surface area (Å²) in [6.45, 7) is 2.35. The van der Waals surface area contributed by atoms with E-state index in [2.05, 4.69) is 9.88 Å². The molecule has 0 radical (unpaired) electrons. The maximum Gasteiger partial charge on any atom is 0.272 e. The summed E-state index contributed by atoms with van der Waals surface area (Å²) in [6.07, 6.45) is 1.64. The summed E-state index contributed by atoms with van der Waals surface area (Å²) in [5.74, 6) is -0.0904. The van der Waals surface area contributed by atoms with Crippen molar-refractivity contribution in [2.24, 2.45) is 0 Å². The SMILES string of the molecule is CN(C)c1ccnc(C(=O)N2CCN(c3cccc([N+](=O)[O-])c3)CC2)c1. The van der Waals surface area contributed by atoms with Gasteiger partial charge in [0.15, 0.2) is 0 Å². The number of pyridine rings is 1. The topological polar surface area (TPSA) is 82.8 Å². The summed E-state index contributed by atoms with van der Waals surface area (Å²) in [5.41, 5.74) is 2.24. The van der Waals surface area contributed by atoms with Gasteiger partial charge in [0.2, 0.25) is 0 Å². The molecule has 0 bridgehead atoms. The number of piperazine rings is 1. The van der Waals surface area contributed by atoms with Crippen molar-refractivity contribution in [3.05, 3.63) is 58.4 Å². The van der Waals surface area contributed by atoms with Crippen LogP contribution >= 0.6 is 0 Å². The van der Waals surface area contributed by atoms with E-state index in [0.717, 1.165) is 11.4 Å². The van der Waals surface area contributed by atoms with Crippen molar-refractivity contribution in [2.75, 3.05) is 50.1 Å². The molecular formula is C18H21N5O3. The maximum absolute atomic E-state index is 12.7. The van der Waals surface area contributed by atoms with Crippen molar-refractivity contribution >= 4 is 23.0 Å². The van der Waals surface area contributed by atoms with Gasteiger partial charge < -0.3 is 14.7 Å². The Morgan fingerprint density at radius 2 is 1.88 bits per heavy atom. The van der Waals surface area contributed by atoms with Gasteiger partial charge in [0.1, 0.15) is 5.69 Å². The number of hydrogen-bond acceptors (Lipinski definition) is 6. The van der Waals surface area contributed by atoms with Crippen LogP contribution in [0.2, 0.25) is 0 Å². The van der Waals surface area contributed by atoms with E-state index >= 15 is 0 Å². The van der Waals surface area contributed by atoms with Crippen LogP contribution in [0, 0.1) is 10.1 Å². The number of rotatable bonds is 4. The monoisotopic (exact) mass is 355 g/mol. The number of nitro benzene ring substituents is 1. The fourth-order valence-electron chi connectivity index (χ4n) is 2.95. The third-order valence-corrected chi connectivity index (χ3v) is 4.45. The number of nitrogens with zero attached hydrogens (tertiary/aromatic N) is 5.